The van der Waals surface area contributed by atoms with E-state index in [2.05, 4.69) is 28.1 Å². The van der Waals surface area contributed by atoms with Crippen LogP contribution in [0.2, 0.25) is 0 Å². The van der Waals surface area contributed by atoms with E-state index in [0.29, 0.717) is 17.8 Å². The number of hydrogen-bond acceptors (Lipinski definition) is 2. The van der Waals surface area contributed by atoms with Crippen molar-refractivity contribution in [3.8, 4) is 0 Å². The van der Waals surface area contributed by atoms with Crippen molar-refractivity contribution < 1.29 is 0 Å². The lowest BCUT2D eigenvalue weighted by atomic mass is 9.88. The zero-order valence-corrected chi connectivity index (χ0v) is 15.7. The molecular formula is C21H21BrN2O. The topological polar surface area (TPSA) is 34.9 Å². The normalized spacial score (nSPS) is 15.6. The summed E-state index contributed by atoms with van der Waals surface area (Å²) in [6.45, 7) is 0.584. The van der Waals surface area contributed by atoms with Gasteiger partial charge in [-0.15, -0.1) is 0 Å². The molecule has 4 rings (SSSR count). The van der Waals surface area contributed by atoms with Gasteiger partial charge in [0.05, 0.1) is 17.4 Å². The molecule has 0 bridgehead atoms. The summed E-state index contributed by atoms with van der Waals surface area (Å²) in [4.78, 5) is 18.2. The van der Waals surface area contributed by atoms with E-state index in [0.717, 1.165) is 34.2 Å². The Bertz CT molecular complexity index is 943. The highest BCUT2D eigenvalue weighted by Crippen LogP contribution is 2.32. The van der Waals surface area contributed by atoms with Gasteiger partial charge in [0.1, 0.15) is 5.82 Å². The Morgan fingerprint density at radius 3 is 2.56 bits per heavy atom. The van der Waals surface area contributed by atoms with Crippen molar-refractivity contribution >= 4 is 26.8 Å². The number of benzene rings is 2. The lowest BCUT2D eigenvalue weighted by Crippen LogP contribution is -2.28. The van der Waals surface area contributed by atoms with Gasteiger partial charge >= 0.3 is 0 Å². The van der Waals surface area contributed by atoms with Crippen molar-refractivity contribution in [1.29, 1.82) is 0 Å². The third kappa shape index (κ3) is 3.40. The minimum absolute atomic E-state index is 0.0655. The van der Waals surface area contributed by atoms with Crippen LogP contribution >= 0.6 is 15.9 Å². The largest absolute Gasteiger partial charge is 0.291 e. The van der Waals surface area contributed by atoms with Crippen molar-refractivity contribution in [3.05, 3.63) is 74.7 Å². The van der Waals surface area contributed by atoms with Gasteiger partial charge in [-0.25, -0.2) is 4.98 Å². The van der Waals surface area contributed by atoms with Gasteiger partial charge in [0.25, 0.3) is 5.56 Å². The summed E-state index contributed by atoms with van der Waals surface area (Å²) in [5.74, 6) is 1.35. The highest BCUT2D eigenvalue weighted by Gasteiger charge is 2.22. The molecule has 4 heteroatoms. The molecule has 2 aromatic carbocycles. The Hall–Kier alpha value is -1.94. The first kappa shape index (κ1) is 16.5. The maximum Gasteiger partial charge on any atom is 0.261 e. The SMILES string of the molecule is O=c1c2cc(Br)ccc2nc(C2CCCCC2)n1Cc1ccccc1. The molecule has 1 aliphatic rings. The summed E-state index contributed by atoms with van der Waals surface area (Å²) in [5, 5.41) is 0.685. The zero-order chi connectivity index (χ0) is 17.2. The van der Waals surface area contributed by atoms with Gasteiger partial charge in [-0.05, 0) is 36.6 Å². The molecule has 0 spiro atoms. The number of rotatable bonds is 3. The Kier molecular flexibility index (Phi) is 4.71. The summed E-state index contributed by atoms with van der Waals surface area (Å²) in [6, 6.07) is 16.0. The molecular weight excluding hydrogens is 376 g/mol. The van der Waals surface area contributed by atoms with Crippen molar-refractivity contribution in [2.75, 3.05) is 0 Å². The summed E-state index contributed by atoms with van der Waals surface area (Å²) in [5.41, 5.74) is 2.01. The number of nitrogens with zero attached hydrogens (tertiary/aromatic N) is 2. The maximum atomic E-state index is 13.3. The molecule has 0 atom stereocenters. The monoisotopic (exact) mass is 396 g/mol. The van der Waals surface area contributed by atoms with Crippen LogP contribution < -0.4 is 5.56 Å². The standard InChI is InChI=1S/C21H21BrN2O/c22-17-11-12-19-18(13-17)21(25)24(14-15-7-3-1-4-8-15)20(23-19)16-9-5-2-6-10-16/h1,3-4,7-8,11-13,16H,2,5-6,9-10,14H2. The molecule has 0 N–H and O–H groups in total. The van der Waals surface area contributed by atoms with E-state index in [4.69, 9.17) is 4.98 Å². The van der Waals surface area contributed by atoms with Gasteiger partial charge in [-0.1, -0.05) is 65.5 Å². The van der Waals surface area contributed by atoms with E-state index in [-0.39, 0.29) is 5.56 Å². The minimum Gasteiger partial charge on any atom is -0.291 e. The number of fused-ring (bicyclic) bond motifs is 1. The maximum absolute atomic E-state index is 13.3. The lowest BCUT2D eigenvalue weighted by molar-refractivity contribution is 0.413. The molecule has 3 nitrogen and oxygen atoms in total. The lowest BCUT2D eigenvalue weighted by Gasteiger charge is -2.24. The van der Waals surface area contributed by atoms with Gasteiger partial charge in [0.2, 0.25) is 0 Å². The van der Waals surface area contributed by atoms with Crippen molar-refractivity contribution in [3.63, 3.8) is 0 Å². The van der Waals surface area contributed by atoms with Crippen LogP contribution in [0.1, 0.15) is 49.4 Å². The Morgan fingerprint density at radius 2 is 1.80 bits per heavy atom. The van der Waals surface area contributed by atoms with E-state index in [1.165, 1.54) is 19.3 Å². The third-order valence-corrected chi connectivity index (χ3v) is 5.59. The molecule has 1 heterocycles. The molecule has 128 valence electrons. The quantitative estimate of drug-likeness (QED) is 0.605. The number of aromatic nitrogens is 2. The third-order valence-electron chi connectivity index (χ3n) is 5.10. The molecule has 3 aromatic rings. The van der Waals surface area contributed by atoms with Crippen LogP contribution in [0, 0.1) is 0 Å². The summed E-state index contributed by atoms with van der Waals surface area (Å²) in [7, 11) is 0. The van der Waals surface area contributed by atoms with Gasteiger partial charge in [-0.2, -0.15) is 0 Å². The van der Waals surface area contributed by atoms with E-state index in [9.17, 15) is 4.79 Å². The number of hydrogen-bond donors (Lipinski definition) is 0. The molecule has 0 unspecified atom stereocenters. The van der Waals surface area contributed by atoms with Crippen molar-refractivity contribution in [1.82, 2.24) is 9.55 Å². The first-order valence-electron chi connectivity index (χ1n) is 8.96. The Morgan fingerprint density at radius 1 is 1.04 bits per heavy atom. The Labute approximate surface area is 155 Å². The molecule has 0 radical (unpaired) electrons. The van der Waals surface area contributed by atoms with Gasteiger partial charge in [0, 0.05) is 10.4 Å². The van der Waals surface area contributed by atoms with Gasteiger partial charge < -0.3 is 0 Å². The zero-order valence-electron chi connectivity index (χ0n) is 14.1. The molecule has 25 heavy (non-hydrogen) atoms. The average Bonchev–Trinajstić information content (AvgIpc) is 2.66. The van der Waals surface area contributed by atoms with E-state index in [1.807, 2.05) is 41.0 Å². The first-order valence-corrected chi connectivity index (χ1v) is 9.75. The van der Waals surface area contributed by atoms with Crippen LogP contribution in [-0.2, 0) is 6.54 Å². The average molecular weight is 397 g/mol. The van der Waals surface area contributed by atoms with E-state index in [1.54, 1.807) is 0 Å². The minimum atomic E-state index is 0.0655. The van der Waals surface area contributed by atoms with Crippen LogP contribution in [0.25, 0.3) is 10.9 Å². The predicted molar refractivity (Wildman–Crippen MR) is 105 cm³/mol. The van der Waals surface area contributed by atoms with Crippen LogP contribution in [0.15, 0.2) is 57.8 Å². The van der Waals surface area contributed by atoms with Crippen LogP contribution in [-0.4, -0.2) is 9.55 Å². The highest BCUT2D eigenvalue weighted by molar-refractivity contribution is 9.10. The molecule has 1 aromatic heterocycles. The fraction of sp³-hybridized carbons (Fsp3) is 0.333. The second kappa shape index (κ2) is 7.12. The summed E-state index contributed by atoms with van der Waals surface area (Å²) < 4.78 is 2.82. The van der Waals surface area contributed by atoms with E-state index < -0.39 is 0 Å². The fourth-order valence-electron chi connectivity index (χ4n) is 3.80. The molecule has 1 aliphatic carbocycles. The summed E-state index contributed by atoms with van der Waals surface area (Å²) in [6.07, 6.45) is 6.00. The Balaban J connectivity index is 1.89. The van der Waals surface area contributed by atoms with Crippen LogP contribution in [0.5, 0.6) is 0 Å². The number of halogens is 1. The molecule has 1 saturated carbocycles. The smallest absolute Gasteiger partial charge is 0.261 e. The molecule has 1 fully saturated rings. The van der Waals surface area contributed by atoms with Crippen molar-refractivity contribution in [2.45, 2.75) is 44.6 Å². The van der Waals surface area contributed by atoms with E-state index >= 15 is 0 Å². The second-order valence-corrected chi connectivity index (χ2v) is 7.76. The van der Waals surface area contributed by atoms with Gasteiger partial charge in [-0.3, -0.25) is 9.36 Å². The first-order chi connectivity index (χ1) is 12.2. The molecule has 0 aliphatic heterocycles. The van der Waals surface area contributed by atoms with Crippen molar-refractivity contribution in [2.24, 2.45) is 0 Å². The fourth-order valence-corrected chi connectivity index (χ4v) is 4.16. The van der Waals surface area contributed by atoms with Crippen LogP contribution in [0.4, 0.5) is 0 Å². The predicted octanol–water partition coefficient (Wildman–Crippen LogP) is 5.26. The molecule has 0 saturated heterocycles. The molecule has 0 amide bonds. The highest BCUT2D eigenvalue weighted by atomic mass is 79.9. The second-order valence-electron chi connectivity index (χ2n) is 6.84. The van der Waals surface area contributed by atoms with Crippen LogP contribution in [0.3, 0.4) is 0 Å². The van der Waals surface area contributed by atoms with Gasteiger partial charge in [0.15, 0.2) is 0 Å². The summed E-state index contributed by atoms with van der Waals surface area (Å²) >= 11 is 3.48.